The highest BCUT2D eigenvalue weighted by atomic mass is 16.5. The number of carbonyl (C=O) groups excluding carboxylic acids is 2. The van der Waals surface area contributed by atoms with E-state index in [9.17, 15) is 9.59 Å². The van der Waals surface area contributed by atoms with E-state index in [1.165, 1.54) is 19.8 Å². The van der Waals surface area contributed by atoms with Gasteiger partial charge < -0.3 is 19.7 Å². The van der Waals surface area contributed by atoms with Crippen LogP contribution in [0.15, 0.2) is 18.2 Å². The van der Waals surface area contributed by atoms with Crippen molar-refractivity contribution in [2.45, 2.75) is 51.5 Å². The molecule has 1 N–H and O–H groups in total. The molecular formula is C19H28N2O4. The number of benzene rings is 1. The summed E-state index contributed by atoms with van der Waals surface area (Å²) in [6.07, 6.45) is 6.60. The minimum absolute atomic E-state index is 0.0469. The third-order valence-electron chi connectivity index (χ3n) is 4.65. The SMILES string of the molecule is COc1ccc(NC(=O)CN(C(C)=O)C2CCCCCC2)cc1OC. The fourth-order valence-corrected chi connectivity index (χ4v) is 3.34. The number of rotatable bonds is 6. The third-order valence-corrected chi connectivity index (χ3v) is 4.65. The Morgan fingerprint density at radius 2 is 1.72 bits per heavy atom. The molecule has 0 spiro atoms. The van der Waals surface area contributed by atoms with Crippen LogP contribution in [0.2, 0.25) is 0 Å². The number of anilines is 1. The number of methoxy groups -OCH3 is 2. The molecule has 0 unspecified atom stereocenters. The van der Waals surface area contributed by atoms with Crippen molar-refractivity contribution in [3.8, 4) is 11.5 Å². The molecule has 1 aromatic rings. The average molecular weight is 348 g/mol. The Kier molecular flexibility index (Phi) is 7.10. The second kappa shape index (κ2) is 9.30. The zero-order chi connectivity index (χ0) is 18.2. The van der Waals surface area contributed by atoms with E-state index in [1.807, 2.05) is 0 Å². The maximum Gasteiger partial charge on any atom is 0.244 e. The fraction of sp³-hybridized carbons (Fsp3) is 0.579. The molecular weight excluding hydrogens is 320 g/mol. The molecule has 0 radical (unpaired) electrons. The molecule has 0 atom stereocenters. The summed E-state index contributed by atoms with van der Waals surface area (Å²) in [6, 6.07) is 5.36. The number of ether oxygens (including phenoxy) is 2. The van der Waals surface area contributed by atoms with Gasteiger partial charge in [-0.15, -0.1) is 0 Å². The highest BCUT2D eigenvalue weighted by Crippen LogP contribution is 2.29. The summed E-state index contributed by atoms with van der Waals surface area (Å²) < 4.78 is 10.4. The van der Waals surface area contributed by atoms with Gasteiger partial charge in [0.15, 0.2) is 11.5 Å². The first-order valence-corrected chi connectivity index (χ1v) is 8.84. The Morgan fingerprint density at radius 3 is 2.28 bits per heavy atom. The molecule has 2 rings (SSSR count). The summed E-state index contributed by atoms with van der Waals surface area (Å²) in [6.45, 7) is 1.61. The van der Waals surface area contributed by atoms with E-state index in [-0.39, 0.29) is 24.4 Å². The number of carbonyl (C=O) groups is 2. The van der Waals surface area contributed by atoms with E-state index < -0.39 is 0 Å². The van der Waals surface area contributed by atoms with Crippen molar-refractivity contribution in [1.82, 2.24) is 4.90 Å². The predicted molar refractivity (Wildman–Crippen MR) is 97.1 cm³/mol. The van der Waals surface area contributed by atoms with E-state index in [0.717, 1.165) is 25.7 Å². The molecule has 6 heteroatoms. The average Bonchev–Trinajstić information content (AvgIpc) is 2.88. The monoisotopic (exact) mass is 348 g/mol. The smallest absolute Gasteiger partial charge is 0.244 e. The van der Waals surface area contributed by atoms with Crippen molar-refractivity contribution >= 4 is 17.5 Å². The van der Waals surface area contributed by atoms with E-state index in [4.69, 9.17) is 9.47 Å². The van der Waals surface area contributed by atoms with E-state index in [1.54, 1.807) is 37.3 Å². The summed E-state index contributed by atoms with van der Waals surface area (Å²) in [5.41, 5.74) is 0.618. The quantitative estimate of drug-likeness (QED) is 0.802. The Labute approximate surface area is 149 Å². The topological polar surface area (TPSA) is 67.9 Å². The second-order valence-corrected chi connectivity index (χ2v) is 6.41. The molecule has 138 valence electrons. The molecule has 1 aliphatic carbocycles. The van der Waals surface area contributed by atoms with Gasteiger partial charge in [0, 0.05) is 24.7 Å². The van der Waals surface area contributed by atoms with Gasteiger partial charge in [0.25, 0.3) is 0 Å². The number of hydrogen-bond donors (Lipinski definition) is 1. The Balaban J connectivity index is 2.02. The van der Waals surface area contributed by atoms with Crippen LogP contribution in [0.5, 0.6) is 11.5 Å². The number of nitrogens with one attached hydrogen (secondary N) is 1. The first-order valence-electron chi connectivity index (χ1n) is 8.84. The molecule has 25 heavy (non-hydrogen) atoms. The van der Waals surface area contributed by atoms with Gasteiger partial charge in [0.05, 0.1) is 14.2 Å². The van der Waals surface area contributed by atoms with Crippen molar-refractivity contribution in [1.29, 1.82) is 0 Å². The van der Waals surface area contributed by atoms with Crippen LogP contribution < -0.4 is 14.8 Å². The van der Waals surface area contributed by atoms with Crippen LogP contribution in [0, 0.1) is 0 Å². The van der Waals surface area contributed by atoms with Gasteiger partial charge in [-0.2, -0.15) is 0 Å². The minimum atomic E-state index is -0.202. The predicted octanol–water partition coefficient (Wildman–Crippen LogP) is 3.21. The van der Waals surface area contributed by atoms with Gasteiger partial charge in [0.2, 0.25) is 11.8 Å². The molecule has 1 fully saturated rings. The summed E-state index contributed by atoms with van der Waals surface area (Å²) >= 11 is 0. The lowest BCUT2D eigenvalue weighted by molar-refractivity contribution is -0.135. The fourth-order valence-electron chi connectivity index (χ4n) is 3.34. The molecule has 2 amide bonds. The molecule has 1 aliphatic rings. The van der Waals surface area contributed by atoms with Gasteiger partial charge in [-0.25, -0.2) is 0 Å². The van der Waals surface area contributed by atoms with Crippen LogP contribution in [-0.4, -0.2) is 43.5 Å². The van der Waals surface area contributed by atoms with Gasteiger partial charge in [-0.05, 0) is 25.0 Å². The highest BCUT2D eigenvalue weighted by Gasteiger charge is 2.24. The van der Waals surface area contributed by atoms with E-state index in [0.29, 0.717) is 17.2 Å². The number of amides is 2. The zero-order valence-electron chi connectivity index (χ0n) is 15.3. The molecule has 0 heterocycles. The highest BCUT2D eigenvalue weighted by molar-refractivity contribution is 5.94. The van der Waals surface area contributed by atoms with Crippen molar-refractivity contribution in [2.75, 3.05) is 26.1 Å². The molecule has 6 nitrogen and oxygen atoms in total. The van der Waals surface area contributed by atoms with Crippen LogP contribution in [-0.2, 0) is 9.59 Å². The van der Waals surface area contributed by atoms with Crippen LogP contribution in [0.25, 0.3) is 0 Å². The van der Waals surface area contributed by atoms with Crippen LogP contribution >= 0.6 is 0 Å². The van der Waals surface area contributed by atoms with E-state index in [2.05, 4.69) is 5.32 Å². The van der Waals surface area contributed by atoms with Crippen LogP contribution in [0.4, 0.5) is 5.69 Å². The lowest BCUT2D eigenvalue weighted by atomic mass is 10.1. The summed E-state index contributed by atoms with van der Waals surface area (Å²) in [7, 11) is 3.11. The zero-order valence-corrected chi connectivity index (χ0v) is 15.3. The first kappa shape index (κ1) is 19.1. The summed E-state index contributed by atoms with van der Waals surface area (Å²) in [5, 5.41) is 2.84. The Hall–Kier alpha value is -2.24. The normalized spacial score (nSPS) is 15.2. The molecule has 0 saturated heterocycles. The molecule has 0 aromatic heterocycles. The van der Waals surface area contributed by atoms with Gasteiger partial charge >= 0.3 is 0 Å². The molecule has 0 bridgehead atoms. The summed E-state index contributed by atoms with van der Waals surface area (Å²) in [5.74, 6) is 0.901. The van der Waals surface area contributed by atoms with Crippen LogP contribution in [0.1, 0.15) is 45.4 Å². The first-order chi connectivity index (χ1) is 12.0. The van der Waals surface area contributed by atoms with Crippen molar-refractivity contribution in [2.24, 2.45) is 0 Å². The maximum atomic E-state index is 12.4. The van der Waals surface area contributed by atoms with Crippen molar-refractivity contribution < 1.29 is 19.1 Å². The van der Waals surface area contributed by atoms with Crippen molar-refractivity contribution in [3.63, 3.8) is 0 Å². The van der Waals surface area contributed by atoms with Gasteiger partial charge in [-0.1, -0.05) is 25.7 Å². The third kappa shape index (κ3) is 5.37. The minimum Gasteiger partial charge on any atom is -0.493 e. The Bertz CT molecular complexity index is 595. The molecule has 1 saturated carbocycles. The van der Waals surface area contributed by atoms with Gasteiger partial charge in [0.1, 0.15) is 6.54 Å². The Morgan fingerprint density at radius 1 is 1.08 bits per heavy atom. The summed E-state index contributed by atoms with van der Waals surface area (Å²) in [4.78, 5) is 26.2. The molecule has 0 aliphatic heterocycles. The number of hydrogen-bond acceptors (Lipinski definition) is 4. The lowest BCUT2D eigenvalue weighted by Gasteiger charge is -2.29. The second-order valence-electron chi connectivity index (χ2n) is 6.41. The van der Waals surface area contributed by atoms with Gasteiger partial charge in [-0.3, -0.25) is 9.59 Å². The van der Waals surface area contributed by atoms with Crippen molar-refractivity contribution in [3.05, 3.63) is 18.2 Å². The van der Waals surface area contributed by atoms with Crippen LogP contribution in [0.3, 0.4) is 0 Å². The molecule has 1 aromatic carbocycles. The standard InChI is InChI=1S/C19H28N2O4/c1-14(22)21(16-8-6-4-5-7-9-16)13-19(23)20-15-10-11-17(24-2)18(12-15)25-3/h10-12,16H,4-9,13H2,1-3H3,(H,20,23). The lowest BCUT2D eigenvalue weighted by Crippen LogP contribution is -2.43. The maximum absolute atomic E-state index is 12.4. The largest absolute Gasteiger partial charge is 0.493 e. The number of nitrogens with zero attached hydrogens (tertiary/aromatic N) is 1. The van der Waals surface area contributed by atoms with E-state index >= 15 is 0 Å².